The zero-order valence-corrected chi connectivity index (χ0v) is 12.9. The van der Waals surface area contributed by atoms with Crippen molar-refractivity contribution in [2.75, 3.05) is 6.61 Å². The van der Waals surface area contributed by atoms with Crippen LogP contribution in [0, 0.1) is 18.6 Å². The number of hydrogen-bond donors (Lipinski definition) is 1. The van der Waals surface area contributed by atoms with E-state index < -0.39 is 17.5 Å². The van der Waals surface area contributed by atoms with Gasteiger partial charge in [0.1, 0.15) is 5.75 Å². The first-order valence-electron chi connectivity index (χ1n) is 6.62. The molecule has 0 bridgehead atoms. The van der Waals surface area contributed by atoms with Crippen molar-refractivity contribution in [3.63, 3.8) is 0 Å². The SMILES string of the molecule is Cc1cc(OCC(=O)N/N=C/c2cccc(F)c2F)ccc1Cl. The van der Waals surface area contributed by atoms with E-state index in [-0.39, 0.29) is 12.2 Å². The smallest absolute Gasteiger partial charge is 0.277 e. The molecule has 0 fully saturated rings. The summed E-state index contributed by atoms with van der Waals surface area (Å²) < 4.78 is 31.6. The van der Waals surface area contributed by atoms with E-state index in [1.807, 2.05) is 6.92 Å². The number of aryl methyl sites for hydroxylation is 1. The number of nitrogens with zero attached hydrogens (tertiary/aromatic N) is 1. The van der Waals surface area contributed by atoms with Crippen LogP contribution in [0.3, 0.4) is 0 Å². The minimum Gasteiger partial charge on any atom is -0.484 e. The van der Waals surface area contributed by atoms with E-state index in [0.29, 0.717) is 10.8 Å². The molecule has 0 unspecified atom stereocenters. The van der Waals surface area contributed by atoms with Gasteiger partial charge in [0.25, 0.3) is 5.91 Å². The second-order valence-electron chi connectivity index (χ2n) is 4.64. The summed E-state index contributed by atoms with van der Waals surface area (Å²) >= 11 is 5.88. The average Bonchev–Trinajstić information content (AvgIpc) is 2.52. The van der Waals surface area contributed by atoms with Gasteiger partial charge in [0.2, 0.25) is 0 Å². The van der Waals surface area contributed by atoms with Gasteiger partial charge < -0.3 is 4.74 Å². The van der Waals surface area contributed by atoms with Gasteiger partial charge in [0.05, 0.1) is 6.21 Å². The monoisotopic (exact) mass is 338 g/mol. The lowest BCUT2D eigenvalue weighted by Gasteiger charge is -2.06. The van der Waals surface area contributed by atoms with Gasteiger partial charge in [-0.15, -0.1) is 0 Å². The molecule has 1 amide bonds. The van der Waals surface area contributed by atoms with Crippen molar-refractivity contribution in [3.8, 4) is 5.75 Å². The van der Waals surface area contributed by atoms with Crippen molar-refractivity contribution >= 4 is 23.7 Å². The molecule has 0 radical (unpaired) electrons. The Kier molecular flexibility index (Phi) is 5.65. The molecule has 7 heteroatoms. The quantitative estimate of drug-likeness (QED) is 0.670. The highest BCUT2D eigenvalue weighted by molar-refractivity contribution is 6.31. The van der Waals surface area contributed by atoms with E-state index in [1.54, 1.807) is 18.2 Å². The highest BCUT2D eigenvalue weighted by Crippen LogP contribution is 2.20. The van der Waals surface area contributed by atoms with E-state index >= 15 is 0 Å². The fourth-order valence-corrected chi connectivity index (χ4v) is 1.80. The molecule has 120 valence electrons. The molecule has 0 saturated carbocycles. The normalized spacial score (nSPS) is 10.8. The molecule has 0 aliphatic heterocycles. The third-order valence-electron chi connectivity index (χ3n) is 2.87. The molecular weight excluding hydrogens is 326 g/mol. The minimum absolute atomic E-state index is 0.0699. The van der Waals surface area contributed by atoms with Crippen molar-refractivity contribution in [2.45, 2.75) is 6.92 Å². The fraction of sp³-hybridized carbons (Fsp3) is 0.125. The van der Waals surface area contributed by atoms with Gasteiger partial charge in [-0.25, -0.2) is 14.2 Å². The maximum atomic E-state index is 13.4. The summed E-state index contributed by atoms with van der Waals surface area (Å²) in [5.41, 5.74) is 2.92. The molecule has 0 heterocycles. The van der Waals surface area contributed by atoms with Crippen LogP contribution in [0.25, 0.3) is 0 Å². The first-order chi connectivity index (χ1) is 11.0. The number of ether oxygens (including phenoxy) is 1. The number of amides is 1. The average molecular weight is 339 g/mol. The third kappa shape index (κ3) is 4.75. The molecule has 2 aromatic rings. The number of hydrogen-bond acceptors (Lipinski definition) is 3. The summed E-state index contributed by atoms with van der Waals surface area (Å²) in [5, 5.41) is 4.16. The lowest BCUT2D eigenvalue weighted by atomic mass is 10.2. The fourth-order valence-electron chi connectivity index (χ4n) is 1.68. The molecule has 0 atom stereocenters. The van der Waals surface area contributed by atoms with E-state index in [4.69, 9.17) is 16.3 Å². The summed E-state index contributed by atoms with van der Waals surface area (Å²) in [5.74, 6) is -2.06. The van der Waals surface area contributed by atoms with Gasteiger partial charge in [-0.2, -0.15) is 5.10 Å². The molecule has 0 spiro atoms. The lowest BCUT2D eigenvalue weighted by Crippen LogP contribution is -2.24. The van der Waals surface area contributed by atoms with Crippen LogP contribution in [0.1, 0.15) is 11.1 Å². The second kappa shape index (κ2) is 7.69. The zero-order chi connectivity index (χ0) is 16.8. The van der Waals surface area contributed by atoms with Gasteiger partial charge in [0.15, 0.2) is 18.2 Å². The summed E-state index contributed by atoms with van der Waals surface area (Å²) in [6.45, 7) is 1.54. The molecule has 0 saturated heterocycles. The molecule has 0 aliphatic rings. The van der Waals surface area contributed by atoms with Crippen LogP contribution in [-0.4, -0.2) is 18.7 Å². The zero-order valence-electron chi connectivity index (χ0n) is 12.1. The first kappa shape index (κ1) is 16.9. The highest BCUT2D eigenvalue weighted by Gasteiger charge is 2.06. The standard InChI is InChI=1S/C16H13ClF2N2O2/c1-10-7-12(5-6-13(10)17)23-9-15(22)21-20-8-11-3-2-4-14(18)16(11)19/h2-8H,9H2,1H3,(H,21,22)/b20-8+. The molecular formula is C16H13ClF2N2O2. The molecule has 1 N–H and O–H groups in total. The van der Waals surface area contributed by atoms with E-state index in [1.165, 1.54) is 12.1 Å². The van der Waals surface area contributed by atoms with Crippen LogP contribution in [0.5, 0.6) is 5.75 Å². The predicted molar refractivity (Wildman–Crippen MR) is 83.8 cm³/mol. The van der Waals surface area contributed by atoms with E-state index in [2.05, 4.69) is 10.5 Å². The van der Waals surface area contributed by atoms with Crippen molar-refractivity contribution in [2.24, 2.45) is 5.10 Å². The Balaban J connectivity index is 1.86. The van der Waals surface area contributed by atoms with Gasteiger partial charge in [-0.05, 0) is 36.8 Å². The second-order valence-corrected chi connectivity index (χ2v) is 5.04. The van der Waals surface area contributed by atoms with Gasteiger partial charge >= 0.3 is 0 Å². The van der Waals surface area contributed by atoms with E-state index in [9.17, 15) is 13.6 Å². The maximum Gasteiger partial charge on any atom is 0.277 e. The number of halogens is 3. The Morgan fingerprint density at radius 2 is 2.13 bits per heavy atom. The van der Waals surface area contributed by atoms with Gasteiger partial charge in [-0.3, -0.25) is 4.79 Å². The van der Waals surface area contributed by atoms with E-state index in [0.717, 1.165) is 17.8 Å². The topological polar surface area (TPSA) is 50.7 Å². The van der Waals surface area contributed by atoms with Crippen molar-refractivity contribution in [3.05, 3.63) is 64.2 Å². The maximum absolute atomic E-state index is 13.4. The molecule has 4 nitrogen and oxygen atoms in total. The lowest BCUT2D eigenvalue weighted by molar-refractivity contribution is -0.123. The molecule has 2 aromatic carbocycles. The first-order valence-corrected chi connectivity index (χ1v) is 7.00. The van der Waals surface area contributed by atoms with Crippen LogP contribution in [0.2, 0.25) is 5.02 Å². The van der Waals surface area contributed by atoms with Gasteiger partial charge in [0, 0.05) is 10.6 Å². The van der Waals surface area contributed by atoms with Crippen molar-refractivity contribution in [1.29, 1.82) is 0 Å². The van der Waals surface area contributed by atoms with Crippen LogP contribution < -0.4 is 10.2 Å². The highest BCUT2D eigenvalue weighted by atomic mass is 35.5. The summed E-state index contributed by atoms with van der Waals surface area (Å²) in [6, 6.07) is 8.66. The van der Waals surface area contributed by atoms with Crippen molar-refractivity contribution < 1.29 is 18.3 Å². The van der Waals surface area contributed by atoms with Crippen LogP contribution >= 0.6 is 11.6 Å². The Bertz CT molecular complexity index is 751. The summed E-state index contributed by atoms with van der Waals surface area (Å²) in [4.78, 5) is 11.6. The van der Waals surface area contributed by atoms with Gasteiger partial charge in [-0.1, -0.05) is 23.7 Å². The number of carbonyl (C=O) groups is 1. The number of hydrazone groups is 1. The number of rotatable bonds is 5. The predicted octanol–water partition coefficient (Wildman–Crippen LogP) is 3.46. The largest absolute Gasteiger partial charge is 0.484 e. The molecule has 0 aromatic heterocycles. The summed E-state index contributed by atoms with van der Waals surface area (Å²) in [7, 11) is 0. The Hall–Kier alpha value is -2.47. The number of carbonyl (C=O) groups excluding carboxylic acids is 1. The van der Waals surface area contributed by atoms with Crippen LogP contribution in [-0.2, 0) is 4.79 Å². The van der Waals surface area contributed by atoms with Crippen molar-refractivity contribution in [1.82, 2.24) is 5.43 Å². The minimum atomic E-state index is -1.03. The number of nitrogens with one attached hydrogen (secondary N) is 1. The Morgan fingerprint density at radius 1 is 1.35 bits per heavy atom. The van der Waals surface area contributed by atoms with Crippen LogP contribution in [0.15, 0.2) is 41.5 Å². The summed E-state index contributed by atoms with van der Waals surface area (Å²) in [6.07, 6.45) is 1.02. The Morgan fingerprint density at radius 3 is 2.87 bits per heavy atom. The third-order valence-corrected chi connectivity index (χ3v) is 3.30. The number of benzene rings is 2. The Labute approximate surface area is 136 Å². The molecule has 2 rings (SSSR count). The molecule has 0 aliphatic carbocycles. The molecule has 23 heavy (non-hydrogen) atoms. The van der Waals surface area contributed by atoms with Crippen LogP contribution in [0.4, 0.5) is 8.78 Å².